The Hall–Kier alpha value is -2.60. The van der Waals surface area contributed by atoms with Crippen molar-refractivity contribution >= 4 is 11.6 Å². The van der Waals surface area contributed by atoms with Crippen molar-refractivity contribution in [2.45, 2.75) is 38.0 Å². The molecule has 0 aliphatic carbocycles. The van der Waals surface area contributed by atoms with Crippen LogP contribution in [0, 0.1) is 0 Å². The number of hydrazine groups is 1. The number of amides is 1. The maximum atomic E-state index is 12.9. The second kappa shape index (κ2) is 5.96. The van der Waals surface area contributed by atoms with E-state index >= 15 is 0 Å². The number of hydrogen-bond donors (Lipinski definition) is 0. The second-order valence-electron chi connectivity index (χ2n) is 7.52. The van der Waals surface area contributed by atoms with Gasteiger partial charge in [0, 0.05) is 12.0 Å². The minimum absolute atomic E-state index is 0.0513. The third kappa shape index (κ3) is 2.94. The highest BCUT2D eigenvalue weighted by molar-refractivity contribution is 5.90. The largest absolute Gasteiger partial charge is 0.416 e. The molecule has 2 aliphatic heterocycles. The van der Waals surface area contributed by atoms with E-state index in [0.29, 0.717) is 17.7 Å². The molecule has 2 aliphatic rings. The maximum Gasteiger partial charge on any atom is 0.416 e. The molecule has 27 heavy (non-hydrogen) atoms. The predicted molar refractivity (Wildman–Crippen MR) is 96.0 cm³/mol. The Kier molecular flexibility index (Phi) is 3.93. The summed E-state index contributed by atoms with van der Waals surface area (Å²) < 4.78 is 38.6. The lowest BCUT2D eigenvalue weighted by Crippen LogP contribution is -2.44. The molecule has 1 saturated heterocycles. The van der Waals surface area contributed by atoms with Gasteiger partial charge in [0.15, 0.2) is 0 Å². The van der Waals surface area contributed by atoms with E-state index in [1.165, 1.54) is 12.1 Å². The van der Waals surface area contributed by atoms with Crippen molar-refractivity contribution < 1.29 is 18.0 Å². The molecule has 6 heteroatoms. The van der Waals surface area contributed by atoms with E-state index in [0.717, 1.165) is 17.7 Å². The average molecular weight is 372 g/mol. The highest BCUT2D eigenvalue weighted by Gasteiger charge is 2.51. The van der Waals surface area contributed by atoms with Gasteiger partial charge in [0.25, 0.3) is 0 Å². The summed E-state index contributed by atoms with van der Waals surface area (Å²) in [6.45, 7) is 4.01. The minimum Gasteiger partial charge on any atom is -0.273 e. The number of nitrogens with zero attached hydrogens (tertiary/aromatic N) is 2. The summed E-state index contributed by atoms with van der Waals surface area (Å²) in [5.41, 5.74) is 1.18. The average Bonchev–Trinajstić information content (AvgIpc) is 3.13. The summed E-state index contributed by atoms with van der Waals surface area (Å²) in [5.74, 6) is -0.0513. The zero-order valence-electron chi connectivity index (χ0n) is 15.0. The van der Waals surface area contributed by atoms with E-state index in [2.05, 4.69) is 0 Å². The number of rotatable bonds is 2. The number of carbonyl (C=O) groups is 1. The van der Waals surface area contributed by atoms with Crippen LogP contribution in [0.3, 0.4) is 0 Å². The first kappa shape index (κ1) is 17.8. The first-order chi connectivity index (χ1) is 12.7. The molecule has 0 saturated carbocycles. The summed E-state index contributed by atoms with van der Waals surface area (Å²) in [7, 11) is 0. The minimum atomic E-state index is -4.38. The van der Waals surface area contributed by atoms with E-state index in [1.807, 2.05) is 55.3 Å². The third-order valence-corrected chi connectivity index (χ3v) is 5.11. The molecule has 0 spiro atoms. The Bertz CT molecular complexity index is 901. The molecule has 1 amide bonds. The van der Waals surface area contributed by atoms with Gasteiger partial charge in [-0.15, -0.1) is 0 Å². The van der Waals surface area contributed by atoms with Crippen LogP contribution in [0.5, 0.6) is 0 Å². The van der Waals surface area contributed by atoms with Gasteiger partial charge in [-0.3, -0.25) is 4.79 Å². The molecular formula is C21H19F3N2O. The number of fused-ring (bicyclic) bond motifs is 1. The fraction of sp³-hybridized carbons (Fsp3) is 0.286. The Labute approximate surface area is 155 Å². The highest BCUT2D eigenvalue weighted by Crippen LogP contribution is 2.48. The molecule has 2 heterocycles. The van der Waals surface area contributed by atoms with Crippen LogP contribution in [-0.2, 0) is 11.0 Å². The predicted octanol–water partition coefficient (Wildman–Crippen LogP) is 5.03. The summed E-state index contributed by atoms with van der Waals surface area (Å²) in [5, 5.41) is 3.65. The van der Waals surface area contributed by atoms with E-state index in [1.54, 1.807) is 5.01 Å². The van der Waals surface area contributed by atoms with Gasteiger partial charge < -0.3 is 0 Å². The van der Waals surface area contributed by atoms with E-state index in [-0.39, 0.29) is 17.5 Å². The molecule has 3 nitrogen and oxygen atoms in total. The number of benzene rings is 2. The lowest BCUT2D eigenvalue weighted by molar-refractivity contribution is -0.137. The SMILES string of the molecule is CC1(C)CC(=O)N2C(c3ccc(C(F)(F)F)cc3)=CC(c3ccccc3)N21. The Morgan fingerprint density at radius 2 is 1.63 bits per heavy atom. The van der Waals surface area contributed by atoms with Crippen LogP contribution in [0.4, 0.5) is 13.2 Å². The topological polar surface area (TPSA) is 23.6 Å². The highest BCUT2D eigenvalue weighted by atomic mass is 19.4. The molecule has 4 rings (SSSR count). The van der Waals surface area contributed by atoms with Gasteiger partial charge in [-0.25, -0.2) is 5.01 Å². The number of alkyl halides is 3. The molecular weight excluding hydrogens is 353 g/mol. The van der Waals surface area contributed by atoms with Crippen LogP contribution >= 0.6 is 0 Å². The molecule has 0 radical (unpaired) electrons. The molecule has 140 valence electrons. The summed E-state index contributed by atoms with van der Waals surface area (Å²) in [6.07, 6.45) is -2.07. The molecule has 0 bridgehead atoms. The lowest BCUT2D eigenvalue weighted by atomic mass is 9.96. The van der Waals surface area contributed by atoms with E-state index in [4.69, 9.17) is 0 Å². The molecule has 0 aromatic heterocycles. The van der Waals surface area contributed by atoms with Gasteiger partial charge in [0.05, 0.1) is 17.3 Å². The van der Waals surface area contributed by atoms with Crippen LogP contribution in [0.2, 0.25) is 0 Å². The zero-order chi connectivity index (χ0) is 19.4. The zero-order valence-corrected chi connectivity index (χ0v) is 15.0. The lowest BCUT2D eigenvalue weighted by Gasteiger charge is -2.36. The van der Waals surface area contributed by atoms with Crippen molar-refractivity contribution in [1.82, 2.24) is 10.0 Å². The van der Waals surface area contributed by atoms with Crippen LogP contribution < -0.4 is 0 Å². The number of carbonyl (C=O) groups excluding carboxylic acids is 1. The van der Waals surface area contributed by atoms with Crippen molar-refractivity contribution in [3.05, 3.63) is 77.4 Å². The molecule has 2 aromatic carbocycles. The second-order valence-corrected chi connectivity index (χ2v) is 7.52. The van der Waals surface area contributed by atoms with Crippen molar-refractivity contribution in [3.63, 3.8) is 0 Å². The molecule has 1 unspecified atom stereocenters. The Morgan fingerprint density at radius 3 is 2.22 bits per heavy atom. The van der Waals surface area contributed by atoms with Gasteiger partial charge in [0.1, 0.15) is 0 Å². The summed E-state index contributed by atoms with van der Waals surface area (Å²) in [4.78, 5) is 12.7. The van der Waals surface area contributed by atoms with Gasteiger partial charge in [-0.05, 0) is 43.2 Å². The van der Waals surface area contributed by atoms with Crippen LogP contribution in [0.25, 0.3) is 5.70 Å². The molecule has 1 fully saturated rings. The standard InChI is InChI=1S/C21H19F3N2O/c1-20(2)13-19(27)25-17(15-8-10-16(11-9-15)21(22,23)24)12-18(26(20)25)14-6-4-3-5-7-14/h3-12,18H,13H2,1-2H3. The van der Waals surface area contributed by atoms with Gasteiger partial charge in [0.2, 0.25) is 5.91 Å². The number of halogens is 3. The Morgan fingerprint density at radius 1 is 1.00 bits per heavy atom. The van der Waals surface area contributed by atoms with E-state index in [9.17, 15) is 18.0 Å². The molecule has 2 aromatic rings. The van der Waals surface area contributed by atoms with Crippen LogP contribution in [-0.4, -0.2) is 21.5 Å². The normalized spacial score (nSPS) is 22.1. The van der Waals surface area contributed by atoms with Crippen molar-refractivity contribution in [2.24, 2.45) is 0 Å². The quantitative estimate of drug-likeness (QED) is 0.738. The van der Waals surface area contributed by atoms with Gasteiger partial charge in [-0.2, -0.15) is 18.2 Å². The first-order valence-corrected chi connectivity index (χ1v) is 8.75. The maximum absolute atomic E-state index is 12.9. The van der Waals surface area contributed by atoms with Gasteiger partial charge >= 0.3 is 6.18 Å². The molecule has 1 atom stereocenters. The summed E-state index contributed by atoms with van der Waals surface area (Å²) in [6, 6.07) is 14.6. The number of hydrogen-bond acceptors (Lipinski definition) is 2. The van der Waals surface area contributed by atoms with Crippen LogP contribution in [0.15, 0.2) is 60.7 Å². The third-order valence-electron chi connectivity index (χ3n) is 5.11. The van der Waals surface area contributed by atoms with Crippen molar-refractivity contribution in [1.29, 1.82) is 0 Å². The van der Waals surface area contributed by atoms with Crippen molar-refractivity contribution in [3.8, 4) is 0 Å². The monoisotopic (exact) mass is 372 g/mol. The Balaban J connectivity index is 1.79. The van der Waals surface area contributed by atoms with E-state index < -0.39 is 11.7 Å². The fourth-order valence-electron chi connectivity index (χ4n) is 3.90. The fourth-order valence-corrected chi connectivity index (χ4v) is 3.90. The summed E-state index contributed by atoms with van der Waals surface area (Å²) >= 11 is 0. The first-order valence-electron chi connectivity index (χ1n) is 8.75. The molecule has 0 N–H and O–H groups in total. The van der Waals surface area contributed by atoms with Gasteiger partial charge in [-0.1, -0.05) is 42.5 Å². The smallest absolute Gasteiger partial charge is 0.273 e. The van der Waals surface area contributed by atoms with Crippen LogP contribution in [0.1, 0.15) is 43.0 Å². The van der Waals surface area contributed by atoms with Crippen molar-refractivity contribution in [2.75, 3.05) is 0 Å².